The normalized spacial score (nSPS) is 12.6. The van der Waals surface area contributed by atoms with Crippen LogP contribution in [0.4, 0.5) is 4.79 Å². The molecule has 0 unspecified atom stereocenters. The van der Waals surface area contributed by atoms with Crippen molar-refractivity contribution in [2.75, 3.05) is 0 Å². The van der Waals surface area contributed by atoms with E-state index in [9.17, 15) is 9.59 Å². The van der Waals surface area contributed by atoms with Gasteiger partial charge in [-0.2, -0.15) is 0 Å². The lowest BCUT2D eigenvalue weighted by Gasteiger charge is -2.21. The summed E-state index contributed by atoms with van der Waals surface area (Å²) in [6.07, 6.45) is 4.44. The van der Waals surface area contributed by atoms with E-state index < -0.39 is 11.8 Å². The van der Waals surface area contributed by atoms with Gasteiger partial charge >= 0.3 is 11.8 Å². The summed E-state index contributed by atoms with van der Waals surface area (Å²) in [5.41, 5.74) is 4.70. The van der Waals surface area contributed by atoms with Crippen LogP contribution in [0.3, 0.4) is 0 Å². The number of nitrogens with zero attached hydrogens (tertiary/aromatic N) is 1. The Hall–Kier alpha value is -4.17. The number of H-pyrrole nitrogens is 1. The molecule has 2 N–H and O–H groups in total. The van der Waals surface area contributed by atoms with Gasteiger partial charge in [0.05, 0.1) is 6.54 Å². The van der Waals surface area contributed by atoms with Crippen LogP contribution < -0.4 is 10.4 Å². The van der Waals surface area contributed by atoms with Crippen molar-refractivity contribution in [3.05, 3.63) is 116 Å². The fourth-order valence-electron chi connectivity index (χ4n) is 4.13. The largest absolute Gasteiger partial charge is 0.513 e. The van der Waals surface area contributed by atoms with Gasteiger partial charge in [0, 0.05) is 23.7 Å². The number of rotatable bonds is 4. The van der Waals surface area contributed by atoms with E-state index in [0.717, 1.165) is 27.8 Å². The third-order valence-corrected chi connectivity index (χ3v) is 5.89. The molecule has 4 aromatic rings. The van der Waals surface area contributed by atoms with Crippen molar-refractivity contribution in [3.8, 4) is 5.95 Å². The van der Waals surface area contributed by atoms with Crippen LogP contribution in [-0.4, -0.2) is 20.8 Å². The van der Waals surface area contributed by atoms with Crippen molar-refractivity contribution in [1.29, 1.82) is 0 Å². The fourth-order valence-corrected chi connectivity index (χ4v) is 4.39. The van der Waals surface area contributed by atoms with Gasteiger partial charge in [0.1, 0.15) is 10.4 Å². The Balaban J connectivity index is 1.62. The molecule has 0 radical (unpaired) electrons. The lowest BCUT2D eigenvalue weighted by atomic mass is 9.83. The van der Waals surface area contributed by atoms with Crippen LogP contribution in [0.1, 0.15) is 39.5 Å². The first-order chi connectivity index (χ1) is 16.0. The van der Waals surface area contributed by atoms with Gasteiger partial charge in [-0.1, -0.05) is 72.9 Å². The highest BCUT2D eigenvalue weighted by atomic mass is 32.1. The van der Waals surface area contributed by atoms with Gasteiger partial charge in [-0.05, 0) is 28.3 Å². The number of carbonyl (C=O) groups is 1. The minimum absolute atomic E-state index is 0.0786. The molecule has 5 rings (SSSR count). The Morgan fingerprint density at radius 1 is 1.00 bits per heavy atom. The molecule has 0 bridgehead atoms. The number of aromatic nitrogens is 2. The Morgan fingerprint density at radius 2 is 1.64 bits per heavy atom. The zero-order valence-electron chi connectivity index (χ0n) is 17.2. The van der Waals surface area contributed by atoms with Crippen LogP contribution >= 0.6 is 12.2 Å². The summed E-state index contributed by atoms with van der Waals surface area (Å²) in [4.78, 5) is 26.2. The van der Waals surface area contributed by atoms with Gasteiger partial charge in [0.25, 0.3) is 5.95 Å². The Kier molecular flexibility index (Phi) is 5.27. The number of furan rings is 1. The van der Waals surface area contributed by atoms with Gasteiger partial charge in [-0.25, -0.2) is 9.59 Å². The molecular formula is C25H18N2O5S. The summed E-state index contributed by atoms with van der Waals surface area (Å²) in [5, 5.41) is 8.75. The Bertz CT molecular complexity index is 1460. The smallest absolute Gasteiger partial charge is 0.449 e. The third kappa shape index (κ3) is 4.04. The van der Waals surface area contributed by atoms with Crippen molar-refractivity contribution >= 4 is 30.5 Å². The summed E-state index contributed by atoms with van der Waals surface area (Å²) >= 11 is 5.60. The number of nitrogens with one attached hydrogen (secondary N) is 1. The summed E-state index contributed by atoms with van der Waals surface area (Å²) in [6, 6.07) is 19.2. The van der Waals surface area contributed by atoms with Gasteiger partial charge in [0.2, 0.25) is 0 Å². The molecule has 2 heterocycles. The molecule has 1 aliphatic rings. The van der Waals surface area contributed by atoms with Gasteiger partial charge in [-0.3, -0.25) is 9.55 Å². The first-order valence-electron chi connectivity index (χ1n) is 10.2. The summed E-state index contributed by atoms with van der Waals surface area (Å²) in [6.45, 7) is 0.0786. The first-order valence-corrected chi connectivity index (χ1v) is 10.6. The second-order valence-corrected chi connectivity index (χ2v) is 7.99. The Labute approximate surface area is 193 Å². The molecule has 33 heavy (non-hydrogen) atoms. The van der Waals surface area contributed by atoms with E-state index in [1.807, 2.05) is 24.3 Å². The van der Waals surface area contributed by atoms with Crippen LogP contribution in [0.25, 0.3) is 12.2 Å². The minimum Gasteiger partial charge on any atom is -0.449 e. The number of hydrogen-bond donors (Lipinski definition) is 2. The summed E-state index contributed by atoms with van der Waals surface area (Å²) < 4.78 is 11.7. The maximum atomic E-state index is 12.7. The van der Waals surface area contributed by atoms with Crippen LogP contribution in [0.2, 0.25) is 0 Å². The molecule has 2 aromatic heterocycles. The number of hydrogen-bond acceptors (Lipinski definition) is 5. The van der Waals surface area contributed by atoms with E-state index in [-0.39, 0.29) is 18.4 Å². The van der Waals surface area contributed by atoms with Gasteiger partial charge < -0.3 is 14.3 Å². The highest BCUT2D eigenvalue weighted by molar-refractivity contribution is 7.71. The highest BCUT2D eigenvalue weighted by Gasteiger charge is 2.25. The third-order valence-electron chi connectivity index (χ3n) is 5.56. The van der Waals surface area contributed by atoms with E-state index in [2.05, 4.69) is 46.1 Å². The first kappa shape index (κ1) is 20.7. The predicted octanol–water partition coefficient (Wildman–Crippen LogP) is 5.27. The zero-order valence-corrected chi connectivity index (χ0v) is 18.0. The molecule has 0 amide bonds. The van der Waals surface area contributed by atoms with Gasteiger partial charge in [-0.15, -0.1) is 0 Å². The number of benzene rings is 2. The minimum atomic E-state index is -1.47. The molecule has 2 aromatic carbocycles. The number of carboxylic acid groups (broad SMARTS) is 1. The van der Waals surface area contributed by atoms with Crippen LogP contribution in [-0.2, 0) is 6.54 Å². The van der Waals surface area contributed by atoms with Crippen molar-refractivity contribution in [3.63, 3.8) is 0 Å². The van der Waals surface area contributed by atoms with Gasteiger partial charge in [0.15, 0.2) is 0 Å². The van der Waals surface area contributed by atoms with Crippen molar-refractivity contribution < 1.29 is 19.1 Å². The maximum absolute atomic E-state index is 12.7. The maximum Gasteiger partial charge on any atom is 0.513 e. The van der Waals surface area contributed by atoms with E-state index in [4.69, 9.17) is 21.7 Å². The molecule has 7 nitrogen and oxygen atoms in total. The quantitative estimate of drug-likeness (QED) is 0.281. The van der Waals surface area contributed by atoms with Crippen molar-refractivity contribution in [2.45, 2.75) is 12.5 Å². The molecular weight excluding hydrogens is 440 g/mol. The molecule has 8 heteroatoms. The van der Waals surface area contributed by atoms with E-state index in [0.29, 0.717) is 10.4 Å². The van der Waals surface area contributed by atoms with E-state index >= 15 is 0 Å². The number of fused-ring (bicyclic) bond motifs is 2. The summed E-state index contributed by atoms with van der Waals surface area (Å²) in [5.74, 6) is 0.0194. The molecule has 0 aliphatic heterocycles. The molecule has 0 atom stereocenters. The van der Waals surface area contributed by atoms with Crippen LogP contribution in [0.5, 0.6) is 5.95 Å². The standard InChI is InChI=1S/C25H18N2O5S/c28-24-26-23(33)20(14-27(24)13-17-11-12-21(31-17)32-25(29)30)22-18-7-3-1-5-15(18)9-10-16-6-2-4-8-19(16)22/h1-12,14,22H,13H2,(H,29,30)(H,26,28,33). The van der Waals surface area contributed by atoms with Crippen LogP contribution in [0, 0.1) is 4.64 Å². The SMILES string of the molecule is O=C(O)Oc1ccc(Cn2cc(C3c4ccccc4C=Cc4ccccc43)c(=S)[nH]c2=O)o1. The van der Waals surface area contributed by atoms with Crippen molar-refractivity contribution in [2.24, 2.45) is 0 Å². The molecule has 0 saturated carbocycles. The molecule has 0 saturated heterocycles. The van der Waals surface area contributed by atoms with Crippen LogP contribution in [0.15, 0.2) is 76.1 Å². The molecule has 0 fully saturated rings. The molecule has 164 valence electrons. The monoisotopic (exact) mass is 458 g/mol. The van der Waals surface area contributed by atoms with E-state index in [1.165, 1.54) is 10.6 Å². The second kappa shape index (κ2) is 8.40. The topological polar surface area (TPSA) is 97.5 Å². The number of aromatic amines is 1. The molecule has 1 aliphatic carbocycles. The predicted molar refractivity (Wildman–Crippen MR) is 125 cm³/mol. The average molecular weight is 458 g/mol. The fraction of sp³-hybridized carbons (Fsp3) is 0.0800. The Morgan fingerprint density at radius 3 is 2.27 bits per heavy atom. The lowest BCUT2D eigenvalue weighted by molar-refractivity contribution is 0.132. The van der Waals surface area contributed by atoms with E-state index in [1.54, 1.807) is 12.3 Å². The average Bonchev–Trinajstić information content (AvgIpc) is 3.15. The number of ether oxygens (including phenoxy) is 1. The zero-order chi connectivity index (χ0) is 22.9. The molecule has 0 spiro atoms. The van der Waals surface area contributed by atoms with Crippen molar-refractivity contribution in [1.82, 2.24) is 9.55 Å². The lowest BCUT2D eigenvalue weighted by Crippen LogP contribution is -2.25. The second-order valence-electron chi connectivity index (χ2n) is 7.58. The summed E-state index contributed by atoms with van der Waals surface area (Å²) in [7, 11) is 0. The highest BCUT2D eigenvalue weighted by Crippen LogP contribution is 2.39.